The van der Waals surface area contributed by atoms with Crippen LogP contribution in [0.4, 0.5) is 0 Å². The molecule has 0 saturated carbocycles. The van der Waals surface area contributed by atoms with Crippen LogP contribution in [-0.4, -0.2) is 59.1 Å². The van der Waals surface area contributed by atoms with Gasteiger partial charge >= 0.3 is 5.97 Å². The van der Waals surface area contributed by atoms with Crippen molar-refractivity contribution in [2.75, 3.05) is 26.2 Å². The summed E-state index contributed by atoms with van der Waals surface area (Å²) in [4.78, 5) is 15.7. The second-order valence-corrected chi connectivity index (χ2v) is 6.03. The predicted octanol–water partition coefficient (Wildman–Crippen LogP) is 1.66. The Bertz CT molecular complexity index is 286. The lowest BCUT2D eigenvalue weighted by Crippen LogP contribution is -2.59. The highest BCUT2D eigenvalue weighted by Crippen LogP contribution is 2.31. The van der Waals surface area contributed by atoms with Crippen LogP contribution in [0.2, 0.25) is 0 Å². The summed E-state index contributed by atoms with van der Waals surface area (Å²) in [7, 11) is 0. The number of hydrogen-bond acceptors (Lipinski definition) is 3. The summed E-state index contributed by atoms with van der Waals surface area (Å²) in [5, 5.41) is 8.75. The molecule has 2 bridgehead atoms. The largest absolute Gasteiger partial charge is 0.481 e. The van der Waals surface area contributed by atoms with E-state index in [0.717, 1.165) is 18.9 Å². The van der Waals surface area contributed by atoms with E-state index in [2.05, 4.69) is 23.6 Å². The molecule has 104 valence electrons. The summed E-state index contributed by atoms with van der Waals surface area (Å²) in [6.07, 6.45) is 3.72. The molecule has 4 nitrogen and oxygen atoms in total. The molecule has 3 heterocycles. The standard InChI is InChI=1S/C14H26N2O2/c1-11(2)16(7-3-4-14(17)18)13-10-15-8-5-12(13)6-9-15/h11-13H,3-10H2,1-2H3,(H,17,18). The number of carboxylic acid groups (broad SMARTS) is 1. The van der Waals surface area contributed by atoms with Gasteiger partial charge in [-0.25, -0.2) is 0 Å². The van der Waals surface area contributed by atoms with Gasteiger partial charge in [-0.3, -0.25) is 9.69 Å². The Morgan fingerprint density at radius 1 is 1.39 bits per heavy atom. The van der Waals surface area contributed by atoms with Crippen LogP contribution in [0.1, 0.15) is 39.5 Å². The number of fused-ring (bicyclic) bond motifs is 3. The predicted molar refractivity (Wildman–Crippen MR) is 71.7 cm³/mol. The smallest absolute Gasteiger partial charge is 0.303 e. The van der Waals surface area contributed by atoms with E-state index < -0.39 is 5.97 Å². The van der Waals surface area contributed by atoms with E-state index >= 15 is 0 Å². The van der Waals surface area contributed by atoms with Gasteiger partial charge in [0.1, 0.15) is 0 Å². The first-order valence-corrected chi connectivity index (χ1v) is 7.28. The molecule has 3 aliphatic rings. The van der Waals surface area contributed by atoms with Gasteiger partial charge in [-0.05, 0) is 58.7 Å². The number of hydrogen-bond donors (Lipinski definition) is 1. The van der Waals surface area contributed by atoms with Crippen molar-refractivity contribution in [3.63, 3.8) is 0 Å². The van der Waals surface area contributed by atoms with Crippen molar-refractivity contribution in [2.45, 2.75) is 51.6 Å². The van der Waals surface area contributed by atoms with Crippen LogP contribution in [0.25, 0.3) is 0 Å². The fraction of sp³-hybridized carbons (Fsp3) is 0.929. The van der Waals surface area contributed by atoms with Crippen LogP contribution in [-0.2, 0) is 4.79 Å². The molecule has 1 N–H and O–H groups in total. The Balaban J connectivity index is 1.90. The second-order valence-electron chi connectivity index (χ2n) is 6.03. The van der Waals surface area contributed by atoms with Crippen molar-refractivity contribution >= 4 is 5.97 Å². The lowest BCUT2D eigenvalue weighted by Gasteiger charge is -2.50. The van der Waals surface area contributed by atoms with Crippen molar-refractivity contribution in [2.24, 2.45) is 5.92 Å². The summed E-state index contributed by atoms with van der Waals surface area (Å²) in [5.41, 5.74) is 0. The van der Waals surface area contributed by atoms with Crippen LogP contribution < -0.4 is 0 Å². The number of aliphatic carboxylic acids is 1. The zero-order valence-electron chi connectivity index (χ0n) is 11.6. The van der Waals surface area contributed by atoms with Crippen molar-refractivity contribution < 1.29 is 9.90 Å². The Hall–Kier alpha value is -0.610. The van der Waals surface area contributed by atoms with Gasteiger partial charge < -0.3 is 10.0 Å². The summed E-state index contributed by atoms with van der Waals surface area (Å²) in [6, 6.07) is 1.17. The van der Waals surface area contributed by atoms with Gasteiger partial charge in [-0.1, -0.05) is 0 Å². The van der Waals surface area contributed by atoms with E-state index in [-0.39, 0.29) is 0 Å². The van der Waals surface area contributed by atoms with Gasteiger partial charge in [0.25, 0.3) is 0 Å². The van der Waals surface area contributed by atoms with Crippen LogP contribution in [0, 0.1) is 5.92 Å². The number of piperidine rings is 3. The molecule has 3 aliphatic heterocycles. The maximum Gasteiger partial charge on any atom is 0.303 e. The third-order valence-corrected chi connectivity index (χ3v) is 4.52. The molecule has 0 spiro atoms. The molecule has 1 atom stereocenters. The quantitative estimate of drug-likeness (QED) is 0.783. The molecule has 0 radical (unpaired) electrons. The zero-order chi connectivity index (χ0) is 13.1. The van der Waals surface area contributed by atoms with Gasteiger partial charge in [-0.2, -0.15) is 0 Å². The Morgan fingerprint density at radius 2 is 2.06 bits per heavy atom. The van der Waals surface area contributed by atoms with E-state index in [0.29, 0.717) is 18.5 Å². The molecule has 0 aliphatic carbocycles. The fourth-order valence-corrected chi connectivity index (χ4v) is 3.53. The van der Waals surface area contributed by atoms with Crippen LogP contribution in [0.5, 0.6) is 0 Å². The van der Waals surface area contributed by atoms with E-state index in [4.69, 9.17) is 5.11 Å². The minimum absolute atomic E-state index is 0.296. The molecule has 0 aromatic carbocycles. The Labute approximate surface area is 110 Å². The van der Waals surface area contributed by atoms with Crippen molar-refractivity contribution in [3.8, 4) is 0 Å². The summed E-state index contributed by atoms with van der Waals surface area (Å²) in [6.45, 7) is 9.12. The van der Waals surface area contributed by atoms with Gasteiger partial charge in [0.15, 0.2) is 0 Å². The molecular weight excluding hydrogens is 228 g/mol. The normalized spacial score (nSPS) is 31.2. The number of rotatable bonds is 6. The first kappa shape index (κ1) is 13.8. The molecule has 4 heteroatoms. The number of carboxylic acids is 1. The highest BCUT2D eigenvalue weighted by atomic mass is 16.4. The molecule has 0 aromatic heterocycles. The third kappa shape index (κ3) is 3.23. The Morgan fingerprint density at radius 3 is 2.50 bits per heavy atom. The van der Waals surface area contributed by atoms with E-state index in [9.17, 15) is 4.79 Å². The van der Waals surface area contributed by atoms with Crippen molar-refractivity contribution in [1.82, 2.24) is 9.80 Å². The molecule has 0 amide bonds. The van der Waals surface area contributed by atoms with Gasteiger partial charge in [-0.15, -0.1) is 0 Å². The average Bonchev–Trinajstić information content (AvgIpc) is 2.35. The highest BCUT2D eigenvalue weighted by molar-refractivity contribution is 5.66. The molecule has 18 heavy (non-hydrogen) atoms. The van der Waals surface area contributed by atoms with Crippen molar-refractivity contribution in [3.05, 3.63) is 0 Å². The van der Waals surface area contributed by atoms with E-state index in [1.807, 2.05) is 0 Å². The molecule has 3 fully saturated rings. The van der Waals surface area contributed by atoms with Crippen LogP contribution in [0.15, 0.2) is 0 Å². The average molecular weight is 254 g/mol. The Kier molecular flexibility index (Phi) is 4.62. The van der Waals surface area contributed by atoms with Crippen LogP contribution in [0.3, 0.4) is 0 Å². The van der Waals surface area contributed by atoms with Gasteiger partial charge in [0, 0.05) is 25.0 Å². The molecule has 0 aromatic rings. The van der Waals surface area contributed by atoms with Gasteiger partial charge in [0.2, 0.25) is 0 Å². The second kappa shape index (κ2) is 6.02. The summed E-state index contributed by atoms with van der Waals surface area (Å²) < 4.78 is 0. The minimum Gasteiger partial charge on any atom is -0.481 e. The van der Waals surface area contributed by atoms with Crippen LogP contribution >= 0.6 is 0 Å². The SMILES string of the molecule is CC(C)N(CCCC(=O)O)C1CN2CCC1CC2. The molecule has 3 rings (SSSR count). The van der Waals surface area contributed by atoms with Gasteiger partial charge in [0.05, 0.1) is 0 Å². The first-order valence-electron chi connectivity index (χ1n) is 7.28. The fourth-order valence-electron chi connectivity index (χ4n) is 3.53. The zero-order valence-corrected chi connectivity index (χ0v) is 11.6. The minimum atomic E-state index is -0.673. The molecule has 3 saturated heterocycles. The van der Waals surface area contributed by atoms with E-state index in [1.54, 1.807) is 0 Å². The maximum absolute atomic E-state index is 10.6. The summed E-state index contributed by atoms with van der Waals surface area (Å²) >= 11 is 0. The molecular formula is C14H26N2O2. The van der Waals surface area contributed by atoms with E-state index in [1.165, 1.54) is 32.5 Å². The summed E-state index contributed by atoms with van der Waals surface area (Å²) in [5.74, 6) is 0.162. The number of nitrogens with zero attached hydrogens (tertiary/aromatic N) is 2. The highest BCUT2D eigenvalue weighted by Gasteiger charge is 2.37. The lowest BCUT2D eigenvalue weighted by atomic mass is 9.82. The third-order valence-electron chi connectivity index (χ3n) is 4.52. The maximum atomic E-state index is 10.6. The topological polar surface area (TPSA) is 43.8 Å². The number of carbonyl (C=O) groups is 1. The van der Waals surface area contributed by atoms with Crippen molar-refractivity contribution in [1.29, 1.82) is 0 Å². The monoisotopic (exact) mass is 254 g/mol. The first-order chi connectivity index (χ1) is 8.58. The lowest BCUT2D eigenvalue weighted by molar-refractivity contribution is -0.137. The molecule has 1 unspecified atom stereocenters.